The molecule has 1 aromatic carbocycles. The minimum Gasteiger partial charge on any atom is -0.390 e. The first-order valence-electron chi connectivity index (χ1n) is 8.64. The lowest BCUT2D eigenvalue weighted by Crippen LogP contribution is -2.23. The molecule has 2 aliphatic heterocycles. The van der Waals surface area contributed by atoms with E-state index in [1.807, 2.05) is 30.6 Å². The zero-order chi connectivity index (χ0) is 16.4. The van der Waals surface area contributed by atoms with Gasteiger partial charge in [0.25, 0.3) is 0 Å². The van der Waals surface area contributed by atoms with Gasteiger partial charge < -0.3 is 4.84 Å². The Kier molecular flexibility index (Phi) is 4.26. The van der Waals surface area contributed by atoms with Gasteiger partial charge in [0.15, 0.2) is 0 Å². The summed E-state index contributed by atoms with van der Waals surface area (Å²) < 4.78 is 0. The van der Waals surface area contributed by atoms with Gasteiger partial charge in [-0.1, -0.05) is 42.4 Å². The molecule has 2 aromatic rings. The summed E-state index contributed by atoms with van der Waals surface area (Å²) >= 11 is 0. The van der Waals surface area contributed by atoms with Gasteiger partial charge in [-0.15, -0.1) is 0 Å². The molecule has 0 bridgehead atoms. The number of hydrogen-bond donors (Lipinski definition) is 0. The Bertz CT molecular complexity index is 714. The molecule has 1 saturated heterocycles. The summed E-state index contributed by atoms with van der Waals surface area (Å²) in [4.78, 5) is 17.0. The standard InChI is InChI=1S/C19H22N4O/c1-2-6-18-20-9-14(10-21-18)11-23-12-16-17(13-23)24-22-19(16)15-7-4-3-5-8-15/h3-5,7-10,16-17H,2,6,11-13H2,1H3/t16-,17-/m0/s1. The fourth-order valence-corrected chi connectivity index (χ4v) is 3.49. The first kappa shape index (κ1) is 15.3. The van der Waals surface area contributed by atoms with Crippen molar-refractivity contribution in [3.8, 4) is 0 Å². The molecule has 0 aliphatic carbocycles. The smallest absolute Gasteiger partial charge is 0.149 e. The maximum absolute atomic E-state index is 5.68. The van der Waals surface area contributed by atoms with Crippen LogP contribution in [0.25, 0.3) is 0 Å². The van der Waals surface area contributed by atoms with Gasteiger partial charge >= 0.3 is 0 Å². The monoisotopic (exact) mass is 322 g/mol. The maximum Gasteiger partial charge on any atom is 0.149 e. The molecule has 2 aliphatic rings. The van der Waals surface area contributed by atoms with Gasteiger partial charge in [0.1, 0.15) is 11.9 Å². The van der Waals surface area contributed by atoms with Gasteiger partial charge in [0.05, 0.1) is 11.6 Å². The lowest BCUT2D eigenvalue weighted by atomic mass is 9.95. The molecule has 0 spiro atoms. The summed E-state index contributed by atoms with van der Waals surface area (Å²) in [5.41, 5.74) is 3.41. The van der Waals surface area contributed by atoms with E-state index in [1.165, 1.54) is 5.56 Å². The lowest BCUT2D eigenvalue weighted by Gasteiger charge is -2.16. The van der Waals surface area contributed by atoms with Crippen LogP contribution in [0.3, 0.4) is 0 Å². The van der Waals surface area contributed by atoms with Gasteiger partial charge in [-0.2, -0.15) is 0 Å². The zero-order valence-corrected chi connectivity index (χ0v) is 13.9. The van der Waals surface area contributed by atoms with Crippen LogP contribution in [0.2, 0.25) is 0 Å². The Hall–Kier alpha value is -2.27. The van der Waals surface area contributed by atoms with E-state index in [9.17, 15) is 0 Å². The van der Waals surface area contributed by atoms with Crippen LogP contribution in [0, 0.1) is 5.92 Å². The van der Waals surface area contributed by atoms with Gasteiger partial charge in [0, 0.05) is 44.0 Å². The Labute approximate surface area is 142 Å². The molecule has 124 valence electrons. The number of hydrogen-bond acceptors (Lipinski definition) is 5. The minimum atomic E-state index is 0.167. The summed E-state index contributed by atoms with van der Waals surface area (Å²) in [6.45, 7) is 4.88. The molecule has 0 amide bonds. The highest BCUT2D eigenvalue weighted by Gasteiger charge is 2.42. The summed E-state index contributed by atoms with van der Waals surface area (Å²) in [6.07, 6.45) is 6.10. The molecule has 3 heterocycles. The zero-order valence-electron chi connectivity index (χ0n) is 13.9. The van der Waals surface area contributed by atoms with Crippen molar-refractivity contribution in [2.45, 2.75) is 32.4 Å². The molecule has 5 nitrogen and oxygen atoms in total. The highest BCUT2D eigenvalue weighted by molar-refractivity contribution is 6.03. The fraction of sp³-hybridized carbons (Fsp3) is 0.421. The van der Waals surface area contributed by atoms with Crippen molar-refractivity contribution < 1.29 is 4.84 Å². The Morgan fingerprint density at radius 1 is 1.12 bits per heavy atom. The van der Waals surface area contributed by atoms with Gasteiger partial charge in [-0.25, -0.2) is 9.97 Å². The van der Waals surface area contributed by atoms with E-state index in [4.69, 9.17) is 4.84 Å². The third kappa shape index (κ3) is 3.04. The van der Waals surface area contributed by atoms with Crippen LogP contribution >= 0.6 is 0 Å². The van der Waals surface area contributed by atoms with E-state index in [0.717, 1.165) is 49.6 Å². The van der Waals surface area contributed by atoms with E-state index in [2.05, 4.69) is 39.1 Å². The van der Waals surface area contributed by atoms with E-state index in [1.54, 1.807) is 0 Å². The van der Waals surface area contributed by atoms with Crippen molar-refractivity contribution in [3.63, 3.8) is 0 Å². The summed E-state index contributed by atoms with van der Waals surface area (Å²) in [6, 6.07) is 10.3. The first-order valence-corrected chi connectivity index (χ1v) is 8.64. The number of likely N-dealkylation sites (tertiary alicyclic amines) is 1. The van der Waals surface area contributed by atoms with E-state index < -0.39 is 0 Å². The SMILES string of the molecule is CCCc1ncc(CN2C[C@@H]3ON=C(c4ccccc4)[C@H]3C2)cn1. The predicted octanol–water partition coefficient (Wildman–Crippen LogP) is 2.66. The topological polar surface area (TPSA) is 50.6 Å². The molecule has 1 fully saturated rings. The Morgan fingerprint density at radius 2 is 1.92 bits per heavy atom. The molecule has 0 saturated carbocycles. The summed E-state index contributed by atoms with van der Waals surface area (Å²) in [5, 5.41) is 4.33. The third-order valence-electron chi connectivity index (χ3n) is 4.69. The highest BCUT2D eigenvalue weighted by atomic mass is 16.6. The molecule has 1 aromatic heterocycles. The maximum atomic E-state index is 5.68. The van der Waals surface area contributed by atoms with Crippen molar-refractivity contribution in [1.29, 1.82) is 0 Å². The van der Waals surface area contributed by atoms with E-state index in [-0.39, 0.29) is 6.10 Å². The molecule has 2 atom stereocenters. The minimum absolute atomic E-state index is 0.167. The summed E-state index contributed by atoms with van der Waals surface area (Å²) in [5.74, 6) is 1.29. The Balaban J connectivity index is 1.41. The van der Waals surface area contributed by atoms with Crippen LogP contribution < -0.4 is 0 Å². The van der Waals surface area contributed by atoms with Crippen LogP contribution in [-0.4, -0.2) is 39.8 Å². The van der Waals surface area contributed by atoms with E-state index in [0.29, 0.717) is 5.92 Å². The molecule has 0 radical (unpaired) electrons. The molecule has 24 heavy (non-hydrogen) atoms. The Morgan fingerprint density at radius 3 is 2.67 bits per heavy atom. The van der Waals surface area contributed by atoms with Crippen molar-refractivity contribution in [3.05, 3.63) is 59.7 Å². The molecular formula is C19H22N4O. The predicted molar refractivity (Wildman–Crippen MR) is 92.6 cm³/mol. The van der Waals surface area contributed by atoms with Crippen LogP contribution in [0.1, 0.15) is 30.3 Å². The molecule has 0 unspecified atom stereocenters. The first-order chi connectivity index (χ1) is 11.8. The fourth-order valence-electron chi connectivity index (χ4n) is 3.49. The van der Waals surface area contributed by atoms with Crippen LogP contribution in [0.15, 0.2) is 47.9 Å². The normalized spacial score (nSPS) is 23.0. The lowest BCUT2D eigenvalue weighted by molar-refractivity contribution is 0.0745. The second kappa shape index (κ2) is 6.69. The second-order valence-electron chi connectivity index (χ2n) is 6.54. The number of nitrogens with zero attached hydrogens (tertiary/aromatic N) is 4. The number of benzene rings is 1. The average Bonchev–Trinajstić information content (AvgIpc) is 3.18. The highest BCUT2D eigenvalue weighted by Crippen LogP contribution is 2.30. The average molecular weight is 322 g/mol. The summed E-state index contributed by atoms with van der Waals surface area (Å²) in [7, 11) is 0. The van der Waals surface area contributed by atoms with Gasteiger partial charge in [-0.05, 0) is 12.0 Å². The molecule has 0 N–H and O–H groups in total. The van der Waals surface area contributed by atoms with Crippen molar-refractivity contribution >= 4 is 5.71 Å². The van der Waals surface area contributed by atoms with Crippen LogP contribution in [0.4, 0.5) is 0 Å². The van der Waals surface area contributed by atoms with Crippen LogP contribution in [0.5, 0.6) is 0 Å². The number of oxime groups is 1. The molecule has 4 rings (SSSR count). The number of aryl methyl sites for hydroxylation is 1. The van der Waals surface area contributed by atoms with Crippen molar-refractivity contribution in [2.75, 3.05) is 13.1 Å². The number of fused-ring (bicyclic) bond motifs is 1. The van der Waals surface area contributed by atoms with Crippen LogP contribution in [-0.2, 0) is 17.8 Å². The molecular weight excluding hydrogens is 300 g/mol. The third-order valence-corrected chi connectivity index (χ3v) is 4.69. The molecule has 5 heteroatoms. The van der Waals surface area contributed by atoms with Gasteiger partial charge in [0.2, 0.25) is 0 Å². The number of rotatable bonds is 5. The van der Waals surface area contributed by atoms with Crippen molar-refractivity contribution in [2.24, 2.45) is 11.1 Å². The second-order valence-corrected chi connectivity index (χ2v) is 6.54. The van der Waals surface area contributed by atoms with Crippen molar-refractivity contribution in [1.82, 2.24) is 14.9 Å². The largest absolute Gasteiger partial charge is 0.390 e. The number of aromatic nitrogens is 2. The quantitative estimate of drug-likeness (QED) is 0.849. The van der Waals surface area contributed by atoms with E-state index >= 15 is 0 Å². The van der Waals surface area contributed by atoms with Gasteiger partial charge in [-0.3, -0.25) is 4.90 Å².